The molecule has 0 unspecified atom stereocenters. The van der Waals surface area contributed by atoms with E-state index in [9.17, 15) is 0 Å². The van der Waals surface area contributed by atoms with Gasteiger partial charge in [-0.15, -0.1) is 11.8 Å². The van der Waals surface area contributed by atoms with Crippen LogP contribution in [0, 0.1) is 0 Å². The molecule has 0 spiro atoms. The van der Waals surface area contributed by atoms with Crippen molar-refractivity contribution in [3.05, 3.63) is 24.0 Å². The van der Waals surface area contributed by atoms with Gasteiger partial charge in [-0.3, -0.25) is 0 Å². The number of aromatic nitrogens is 1. The SMILES string of the molecule is c1cc2n(c1)CSC2. The highest BCUT2D eigenvalue weighted by atomic mass is 32.2. The van der Waals surface area contributed by atoms with E-state index in [4.69, 9.17) is 0 Å². The van der Waals surface area contributed by atoms with Crippen molar-refractivity contribution in [1.29, 1.82) is 0 Å². The number of nitrogens with zero attached hydrogens (tertiary/aromatic N) is 1. The maximum atomic E-state index is 2.28. The molecule has 0 atom stereocenters. The zero-order chi connectivity index (χ0) is 5.40. The van der Waals surface area contributed by atoms with Gasteiger partial charge in [0.2, 0.25) is 0 Å². The molecule has 0 saturated heterocycles. The van der Waals surface area contributed by atoms with Gasteiger partial charge >= 0.3 is 0 Å². The van der Waals surface area contributed by atoms with E-state index in [-0.39, 0.29) is 0 Å². The van der Waals surface area contributed by atoms with Gasteiger partial charge < -0.3 is 4.57 Å². The Bertz CT molecular complexity index is 174. The number of thioether (sulfide) groups is 1. The van der Waals surface area contributed by atoms with E-state index >= 15 is 0 Å². The van der Waals surface area contributed by atoms with Crippen molar-refractivity contribution in [3.63, 3.8) is 0 Å². The van der Waals surface area contributed by atoms with Crippen molar-refractivity contribution in [3.8, 4) is 0 Å². The van der Waals surface area contributed by atoms with Crippen LogP contribution >= 0.6 is 11.8 Å². The van der Waals surface area contributed by atoms with Gasteiger partial charge in [0.1, 0.15) is 0 Å². The average Bonchev–Trinajstić information content (AvgIpc) is 2.15. The zero-order valence-corrected chi connectivity index (χ0v) is 5.32. The van der Waals surface area contributed by atoms with Gasteiger partial charge in [0.25, 0.3) is 0 Å². The Hall–Kier alpha value is -0.370. The van der Waals surface area contributed by atoms with Crippen LogP contribution in [0.5, 0.6) is 0 Å². The van der Waals surface area contributed by atoms with Crippen LogP contribution in [0.15, 0.2) is 18.3 Å². The van der Waals surface area contributed by atoms with Crippen LogP contribution in [-0.4, -0.2) is 4.57 Å². The topological polar surface area (TPSA) is 4.93 Å². The van der Waals surface area contributed by atoms with Crippen molar-refractivity contribution in [2.75, 3.05) is 0 Å². The third kappa shape index (κ3) is 0.494. The molecule has 0 N–H and O–H groups in total. The second kappa shape index (κ2) is 1.55. The van der Waals surface area contributed by atoms with Gasteiger partial charge in [-0.1, -0.05) is 0 Å². The molecule has 2 rings (SSSR count). The predicted octanol–water partition coefficient (Wildman–Crippen LogP) is 1.69. The monoisotopic (exact) mass is 125 g/mol. The molecule has 1 aliphatic heterocycles. The lowest BCUT2D eigenvalue weighted by Gasteiger charge is -1.88. The fourth-order valence-corrected chi connectivity index (χ4v) is 1.97. The molecule has 8 heavy (non-hydrogen) atoms. The highest BCUT2D eigenvalue weighted by molar-refractivity contribution is 7.97. The standard InChI is InChI=1S/C6H7NS/c1-2-6-4-8-5-7(6)3-1/h1-3H,4-5H2. The summed E-state index contributed by atoms with van der Waals surface area (Å²) in [7, 11) is 0. The zero-order valence-electron chi connectivity index (χ0n) is 4.50. The number of hydrogen-bond acceptors (Lipinski definition) is 1. The molecule has 1 aromatic rings. The minimum absolute atomic E-state index is 1.16. The van der Waals surface area contributed by atoms with E-state index in [1.54, 1.807) is 0 Å². The maximum Gasteiger partial charge on any atom is 0.0683 e. The predicted molar refractivity (Wildman–Crippen MR) is 35.7 cm³/mol. The van der Waals surface area contributed by atoms with Crippen LogP contribution in [0.1, 0.15) is 5.69 Å². The fourth-order valence-electron chi connectivity index (χ4n) is 0.955. The molecule has 2 heterocycles. The second-order valence-electron chi connectivity index (χ2n) is 1.95. The Kier molecular flexibility index (Phi) is 0.875. The quantitative estimate of drug-likeness (QED) is 0.511. The normalized spacial score (nSPS) is 16.5. The van der Waals surface area contributed by atoms with Crippen LogP contribution < -0.4 is 0 Å². The highest BCUT2D eigenvalue weighted by Crippen LogP contribution is 2.22. The summed E-state index contributed by atoms with van der Waals surface area (Å²) in [6.45, 7) is 0. The first-order chi connectivity index (χ1) is 3.97. The van der Waals surface area contributed by atoms with E-state index < -0.39 is 0 Å². The van der Waals surface area contributed by atoms with Crippen molar-refractivity contribution in [2.24, 2.45) is 0 Å². The van der Waals surface area contributed by atoms with Gasteiger partial charge in [0, 0.05) is 17.6 Å². The molecule has 0 bridgehead atoms. The first kappa shape index (κ1) is 4.50. The lowest BCUT2D eigenvalue weighted by Crippen LogP contribution is -1.85. The summed E-state index contributed by atoms with van der Waals surface area (Å²) >= 11 is 1.97. The molecule has 0 fully saturated rings. The number of hydrogen-bond donors (Lipinski definition) is 0. The number of rotatable bonds is 0. The van der Waals surface area contributed by atoms with E-state index in [1.807, 2.05) is 11.8 Å². The van der Waals surface area contributed by atoms with E-state index in [0.717, 1.165) is 5.88 Å². The summed E-state index contributed by atoms with van der Waals surface area (Å²) < 4.78 is 2.28. The van der Waals surface area contributed by atoms with Crippen molar-refractivity contribution in [1.82, 2.24) is 4.57 Å². The lowest BCUT2D eigenvalue weighted by atomic mass is 10.5. The van der Waals surface area contributed by atoms with Gasteiger partial charge in [-0.05, 0) is 12.1 Å². The van der Waals surface area contributed by atoms with E-state index in [1.165, 1.54) is 11.4 Å². The molecule has 2 heteroatoms. The van der Waals surface area contributed by atoms with Crippen LogP contribution in [-0.2, 0) is 11.6 Å². The number of fused-ring (bicyclic) bond motifs is 1. The van der Waals surface area contributed by atoms with Crippen molar-refractivity contribution < 1.29 is 0 Å². The molecule has 0 aromatic carbocycles. The summed E-state index contributed by atoms with van der Waals surface area (Å²) in [6, 6.07) is 4.29. The third-order valence-electron chi connectivity index (χ3n) is 1.40. The molecule has 1 aliphatic rings. The van der Waals surface area contributed by atoms with E-state index in [0.29, 0.717) is 0 Å². The summed E-state index contributed by atoms with van der Waals surface area (Å²) in [5.41, 5.74) is 1.47. The Balaban J connectivity index is 2.54. The molecular formula is C6H7NS. The van der Waals surface area contributed by atoms with Crippen LogP contribution in [0.4, 0.5) is 0 Å². The van der Waals surface area contributed by atoms with Crippen molar-refractivity contribution in [2.45, 2.75) is 11.6 Å². The summed E-state index contributed by atoms with van der Waals surface area (Å²) in [4.78, 5) is 0. The molecule has 1 aromatic heterocycles. The molecule has 42 valence electrons. The smallest absolute Gasteiger partial charge is 0.0683 e. The minimum Gasteiger partial charge on any atom is -0.341 e. The third-order valence-corrected chi connectivity index (χ3v) is 2.36. The van der Waals surface area contributed by atoms with Crippen molar-refractivity contribution >= 4 is 11.8 Å². The molecule has 0 radical (unpaired) electrons. The van der Waals surface area contributed by atoms with Gasteiger partial charge in [-0.2, -0.15) is 0 Å². The molecular weight excluding hydrogens is 118 g/mol. The Morgan fingerprint density at radius 2 is 2.62 bits per heavy atom. The van der Waals surface area contributed by atoms with Gasteiger partial charge in [0.15, 0.2) is 0 Å². The fraction of sp³-hybridized carbons (Fsp3) is 0.333. The van der Waals surface area contributed by atoms with Crippen LogP contribution in [0.3, 0.4) is 0 Å². The van der Waals surface area contributed by atoms with Gasteiger partial charge in [0.05, 0.1) is 5.88 Å². The Morgan fingerprint density at radius 3 is 3.50 bits per heavy atom. The van der Waals surface area contributed by atoms with Gasteiger partial charge in [-0.25, -0.2) is 0 Å². The molecule has 0 aliphatic carbocycles. The summed E-state index contributed by atoms with van der Waals surface area (Å²) in [5, 5.41) is 0. The molecule has 1 nitrogen and oxygen atoms in total. The minimum atomic E-state index is 1.16. The first-order valence-electron chi connectivity index (χ1n) is 2.68. The van der Waals surface area contributed by atoms with Crippen LogP contribution in [0.25, 0.3) is 0 Å². The Labute approximate surface area is 52.7 Å². The van der Waals surface area contributed by atoms with E-state index in [2.05, 4.69) is 22.9 Å². The largest absolute Gasteiger partial charge is 0.341 e. The highest BCUT2D eigenvalue weighted by Gasteiger charge is 2.06. The summed E-state index contributed by atoms with van der Waals surface area (Å²) in [5.74, 6) is 2.36. The molecule has 0 saturated carbocycles. The second-order valence-corrected chi connectivity index (χ2v) is 2.90. The molecule has 0 amide bonds. The average molecular weight is 125 g/mol. The Morgan fingerprint density at radius 1 is 1.62 bits per heavy atom. The summed E-state index contributed by atoms with van der Waals surface area (Å²) in [6.07, 6.45) is 2.13. The maximum absolute atomic E-state index is 2.28. The first-order valence-corrected chi connectivity index (χ1v) is 3.84. The van der Waals surface area contributed by atoms with Crippen LogP contribution in [0.2, 0.25) is 0 Å². The lowest BCUT2D eigenvalue weighted by molar-refractivity contribution is 0.888.